The normalized spacial score (nSPS) is 19.6. The molecule has 0 saturated carbocycles. The second kappa shape index (κ2) is 6.63. The van der Waals surface area contributed by atoms with E-state index in [9.17, 15) is 4.79 Å². The first-order chi connectivity index (χ1) is 11.8. The molecular formula is C18H22N4O2. The van der Waals surface area contributed by atoms with Gasteiger partial charge in [-0.05, 0) is 43.2 Å². The number of fused-ring (bicyclic) bond motifs is 2. The number of aromatic nitrogens is 3. The fourth-order valence-electron chi connectivity index (χ4n) is 3.53. The first-order valence-electron chi connectivity index (χ1n) is 8.72. The van der Waals surface area contributed by atoms with Crippen molar-refractivity contribution in [2.75, 3.05) is 13.2 Å². The van der Waals surface area contributed by atoms with E-state index in [1.807, 2.05) is 22.8 Å². The SMILES string of the molecule is O=C(NC[C@@H]1CCOc2ccccc2C1)c1nnc2n1CCCC2. The number of benzene rings is 1. The summed E-state index contributed by atoms with van der Waals surface area (Å²) in [5.41, 5.74) is 1.22. The average molecular weight is 326 g/mol. The summed E-state index contributed by atoms with van der Waals surface area (Å²) < 4.78 is 7.76. The van der Waals surface area contributed by atoms with Gasteiger partial charge in [-0.2, -0.15) is 0 Å². The number of carbonyl (C=O) groups is 1. The fourth-order valence-corrected chi connectivity index (χ4v) is 3.53. The van der Waals surface area contributed by atoms with Gasteiger partial charge >= 0.3 is 0 Å². The second-order valence-electron chi connectivity index (χ2n) is 6.57. The van der Waals surface area contributed by atoms with Crippen molar-refractivity contribution in [3.05, 3.63) is 41.5 Å². The van der Waals surface area contributed by atoms with Crippen LogP contribution in [0.1, 0.15) is 41.3 Å². The molecule has 2 aliphatic rings. The predicted octanol–water partition coefficient (Wildman–Crippen LogP) is 1.99. The summed E-state index contributed by atoms with van der Waals surface area (Å²) in [6.07, 6.45) is 4.99. The van der Waals surface area contributed by atoms with E-state index in [0.717, 1.165) is 50.2 Å². The molecular weight excluding hydrogens is 304 g/mol. The van der Waals surface area contributed by atoms with Crippen molar-refractivity contribution in [3.8, 4) is 5.75 Å². The van der Waals surface area contributed by atoms with Gasteiger partial charge in [-0.25, -0.2) is 0 Å². The minimum Gasteiger partial charge on any atom is -0.493 e. The highest BCUT2D eigenvalue weighted by molar-refractivity contribution is 5.90. The van der Waals surface area contributed by atoms with Crippen LogP contribution in [-0.2, 0) is 19.4 Å². The van der Waals surface area contributed by atoms with Gasteiger partial charge in [-0.3, -0.25) is 4.79 Å². The molecule has 1 aromatic carbocycles. The maximum atomic E-state index is 12.5. The number of rotatable bonds is 3. The van der Waals surface area contributed by atoms with E-state index in [0.29, 0.717) is 24.9 Å². The van der Waals surface area contributed by atoms with Crippen molar-refractivity contribution >= 4 is 5.91 Å². The largest absolute Gasteiger partial charge is 0.493 e. The van der Waals surface area contributed by atoms with Crippen molar-refractivity contribution in [2.45, 2.75) is 38.6 Å². The van der Waals surface area contributed by atoms with Crippen molar-refractivity contribution in [1.29, 1.82) is 0 Å². The summed E-state index contributed by atoms with van der Waals surface area (Å²) in [7, 11) is 0. The molecule has 2 aliphatic heterocycles. The van der Waals surface area contributed by atoms with Gasteiger partial charge in [0.15, 0.2) is 0 Å². The number of hydrogen-bond acceptors (Lipinski definition) is 4. The first kappa shape index (κ1) is 15.2. The Morgan fingerprint density at radius 1 is 1.29 bits per heavy atom. The number of hydrogen-bond donors (Lipinski definition) is 1. The van der Waals surface area contributed by atoms with Crippen LogP contribution < -0.4 is 10.1 Å². The van der Waals surface area contributed by atoms with Gasteiger partial charge < -0.3 is 14.6 Å². The smallest absolute Gasteiger partial charge is 0.289 e. The first-order valence-corrected chi connectivity index (χ1v) is 8.72. The van der Waals surface area contributed by atoms with Crippen LogP contribution >= 0.6 is 0 Å². The van der Waals surface area contributed by atoms with Gasteiger partial charge in [0.1, 0.15) is 11.6 Å². The van der Waals surface area contributed by atoms with Crippen LogP contribution in [0.3, 0.4) is 0 Å². The lowest BCUT2D eigenvalue weighted by atomic mass is 9.97. The number of para-hydroxylation sites is 1. The Balaban J connectivity index is 1.40. The highest BCUT2D eigenvalue weighted by atomic mass is 16.5. The Bertz CT molecular complexity index is 740. The lowest BCUT2D eigenvalue weighted by Gasteiger charge is -2.16. The molecule has 0 spiro atoms. The van der Waals surface area contributed by atoms with E-state index in [-0.39, 0.29) is 5.91 Å². The lowest BCUT2D eigenvalue weighted by Crippen LogP contribution is -2.33. The Labute approximate surface area is 141 Å². The minimum absolute atomic E-state index is 0.117. The standard InChI is InChI=1S/C18H22N4O2/c23-18(17-21-20-16-7-3-4-9-22(16)17)19-12-13-8-10-24-15-6-2-1-5-14(15)11-13/h1-2,5-6,13H,3-4,7-12H2,(H,19,23)/t13-/m1/s1. The molecule has 6 nitrogen and oxygen atoms in total. The monoisotopic (exact) mass is 326 g/mol. The second-order valence-corrected chi connectivity index (χ2v) is 6.57. The summed E-state index contributed by atoms with van der Waals surface area (Å²) >= 11 is 0. The number of aryl methyl sites for hydroxylation is 1. The molecule has 1 atom stereocenters. The molecule has 3 heterocycles. The Morgan fingerprint density at radius 2 is 2.21 bits per heavy atom. The summed E-state index contributed by atoms with van der Waals surface area (Å²) in [6, 6.07) is 8.14. The molecule has 0 unspecified atom stereocenters. The van der Waals surface area contributed by atoms with Gasteiger partial charge in [0.2, 0.25) is 5.82 Å². The summed E-state index contributed by atoms with van der Waals surface area (Å²) in [5, 5.41) is 11.3. The molecule has 4 rings (SSSR count). The molecule has 6 heteroatoms. The molecule has 24 heavy (non-hydrogen) atoms. The molecule has 1 aromatic heterocycles. The number of ether oxygens (including phenoxy) is 1. The van der Waals surface area contributed by atoms with Crippen molar-refractivity contribution in [2.24, 2.45) is 5.92 Å². The number of nitrogens with zero attached hydrogens (tertiary/aromatic N) is 3. The van der Waals surface area contributed by atoms with Gasteiger partial charge in [-0.15, -0.1) is 10.2 Å². The zero-order valence-electron chi connectivity index (χ0n) is 13.7. The van der Waals surface area contributed by atoms with Crippen LogP contribution in [0, 0.1) is 5.92 Å². The molecule has 0 saturated heterocycles. The average Bonchev–Trinajstić information content (AvgIpc) is 2.93. The topological polar surface area (TPSA) is 69.0 Å². The molecule has 1 amide bonds. The molecule has 2 aromatic rings. The minimum atomic E-state index is -0.117. The Kier molecular flexibility index (Phi) is 4.19. The van der Waals surface area contributed by atoms with E-state index in [1.54, 1.807) is 0 Å². The van der Waals surface area contributed by atoms with E-state index in [2.05, 4.69) is 21.6 Å². The molecule has 0 aliphatic carbocycles. The van der Waals surface area contributed by atoms with Crippen LogP contribution in [0.25, 0.3) is 0 Å². The van der Waals surface area contributed by atoms with Gasteiger partial charge in [0.05, 0.1) is 6.61 Å². The Hall–Kier alpha value is -2.37. The summed E-state index contributed by atoms with van der Waals surface area (Å²) in [5.74, 6) is 2.62. The Morgan fingerprint density at radius 3 is 3.17 bits per heavy atom. The fraction of sp³-hybridized carbons (Fsp3) is 0.500. The van der Waals surface area contributed by atoms with E-state index in [4.69, 9.17) is 4.74 Å². The van der Waals surface area contributed by atoms with Crippen LogP contribution in [0.5, 0.6) is 5.75 Å². The van der Waals surface area contributed by atoms with Crippen LogP contribution in [-0.4, -0.2) is 33.8 Å². The quantitative estimate of drug-likeness (QED) is 0.936. The van der Waals surface area contributed by atoms with Crippen LogP contribution in [0.2, 0.25) is 0 Å². The van der Waals surface area contributed by atoms with Gasteiger partial charge in [0, 0.05) is 19.5 Å². The molecule has 0 bridgehead atoms. The molecule has 1 N–H and O–H groups in total. The third kappa shape index (κ3) is 3.00. The highest BCUT2D eigenvalue weighted by Crippen LogP contribution is 2.26. The van der Waals surface area contributed by atoms with Crippen molar-refractivity contribution in [3.63, 3.8) is 0 Å². The third-order valence-corrected chi connectivity index (χ3v) is 4.88. The van der Waals surface area contributed by atoms with Gasteiger partial charge in [-0.1, -0.05) is 18.2 Å². The van der Waals surface area contributed by atoms with E-state index >= 15 is 0 Å². The zero-order valence-corrected chi connectivity index (χ0v) is 13.7. The predicted molar refractivity (Wildman–Crippen MR) is 89.0 cm³/mol. The van der Waals surface area contributed by atoms with Crippen molar-refractivity contribution < 1.29 is 9.53 Å². The molecule has 126 valence electrons. The maximum absolute atomic E-state index is 12.5. The third-order valence-electron chi connectivity index (χ3n) is 4.88. The van der Waals surface area contributed by atoms with E-state index < -0.39 is 0 Å². The van der Waals surface area contributed by atoms with Gasteiger partial charge in [0.25, 0.3) is 5.91 Å². The molecule has 0 fully saturated rings. The lowest BCUT2D eigenvalue weighted by molar-refractivity contribution is 0.0929. The summed E-state index contributed by atoms with van der Waals surface area (Å²) in [4.78, 5) is 12.5. The highest BCUT2D eigenvalue weighted by Gasteiger charge is 2.23. The number of carbonyl (C=O) groups excluding carboxylic acids is 1. The summed E-state index contributed by atoms with van der Waals surface area (Å²) in [6.45, 7) is 2.17. The van der Waals surface area contributed by atoms with Crippen LogP contribution in [0.15, 0.2) is 24.3 Å². The maximum Gasteiger partial charge on any atom is 0.289 e. The number of amides is 1. The molecule has 0 radical (unpaired) electrons. The van der Waals surface area contributed by atoms with Crippen LogP contribution in [0.4, 0.5) is 0 Å². The van der Waals surface area contributed by atoms with Crippen molar-refractivity contribution in [1.82, 2.24) is 20.1 Å². The zero-order chi connectivity index (χ0) is 16.4. The van der Waals surface area contributed by atoms with E-state index in [1.165, 1.54) is 5.56 Å². The number of nitrogens with one attached hydrogen (secondary N) is 1.